The molecule has 0 spiro atoms. The van der Waals surface area contributed by atoms with E-state index in [-0.39, 0.29) is 0 Å². The Bertz CT molecular complexity index is 478. The Morgan fingerprint density at radius 2 is 1.67 bits per heavy atom. The molecule has 1 N–H and O–H groups in total. The summed E-state index contributed by atoms with van der Waals surface area (Å²) in [7, 11) is 0. The van der Waals surface area contributed by atoms with Crippen molar-refractivity contribution in [3.63, 3.8) is 0 Å². The maximum absolute atomic E-state index is 4.87. The van der Waals surface area contributed by atoms with E-state index in [0.717, 1.165) is 36.4 Å². The molecule has 0 aromatic carbocycles. The summed E-state index contributed by atoms with van der Waals surface area (Å²) in [6.45, 7) is 9.70. The van der Waals surface area contributed by atoms with E-state index in [1.54, 1.807) is 0 Å². The van der Waals surface area contributed by atoms with Crippen LogP contribution in [0.25, 0.3) is 0 Å². The van der Waals surface area contributed by atoms with Crippen molar-refractivity contribution in [3.8, 4) is 0 Å². The Balaban J connectivity index is 1.89. The summed E-state index contributed by atoms with van der Waals surface area (Å²) in [4.78, 5) is 12.1. The molecule has 1 aromatic rings. The van der Waals surface area contributed by atoms with Gasteiger partial charge in [0.05, 0.1) is 0 Å². The molecule has 0 atom stereocenters. The lowest BCUT2D eigenvalue weighted by atomic mass is 10.2. The van der Waals surface area contributed by atoms with E-state index in [9.17, 15) is 0 Å². The van der Waals surface area contributed by atoms with E-state index in [1.807, 2.05) is 0 Å². The fourth-order valence-electron chi connectivity index (χ4n) is 2.83. The first-order chi connectivity index (χ1) is 10.2. The van der Waals surface area contributed by atoms with Gasteiger partial charge in [-0.15, -0.1) is 0 Å². The summed E-state index contributed by atoms with van der Waals surface area (Å²) >= 11 is 0. The third-order valence-corrected chi connectivity index (χ3v) is 4.48. The van der Waals surface area contributed by atoms with E-state index in [2.05, 4.69) is 36.0 Å². The van der Waals surface area contributed by atoms with E-state index in [1.165, 1.54) is 50.2 Å². The van der Waals surface area contributed by atoms with Crippen LogP contribution in [0.5, 0.6) is 0 Å². The predicted octanol–water partition coefficient (Wildman–Crippen LogP) is 3.41. The molecule has 3 rings (SSSR count). The fourth-order valence-corrected chi connectivity index (χ4v) is 2.83. The van der Waals surface area contributed by atoms with Gasteiger partial charge >= 0.3 is 0 Å². The lowest BCUT2D eigenvalue weighted by Crippen LogP contribution is -2.30. The third kappa shape index (κ3) is 3.66. The van der Waals surface area contributed by atoms with Gasteiger partial charge in [-0.3, -0.25) is 0 Å². The molecule has 116 valence electrons. The molecule has 2 fully saturated rings. The van der Waals surface area contributed by atoms with Gasteiger partial charge in [0, 0.05) is 31.6 Å². The lowest BCUT2D eigenvalue weighted by molar-refractivity contribution is 0.665. The summed E-state index contributed by atoms with van der Waals surface area (Å²) in [6, 6.07) is 0. The van der Waals surface area contributed by atoms with Crippen molar-refractivity contribution >= 4 is 11.6 Å². The quantitative estimate of drug-likeness (QED) is 0.796. The van der Waals surface area contributed by atoms with Crippen molar-refractivity contribution in [1.82, 2.24) is 9.97 Å². The molecule has 0 bridgehead atoms. The zero-order chi connectivity index (χ0) is 14.8. The average molecular weight is 288 g/mol. The topological polar surface area (TPSA) is 41.1 Å². The van der Waals surface area contributed by atoms with Crippen LogP contribution in [0.4, 0.5) is 11.6 Å². The number of rotatable bonds is 8. The van der Waals surface area contributed by atoms with Gasteiger partial charge in [0.25, 0.3) is 0 Å². The summed E-state index contributed by atoms with van der Waals surface area (Å²) in [5, 5.41) is 3.41. The number of aromatic nitrogens is 2. The van der Waals surface area contributed by atoms with Gasteiger partial charge in [-0.1, -0.05) is 6.92 Å². The maximum Gasteiger partial charge on any atom is 0.137 e. The van der Waals surface area contributed by atoms with E-state index < -0.39 is 0 Å². The lowest BCUT2D eigenvalue weighted by Gasteiger charge is -2.26. The molecule has 0 amide bonds. The SMILES string of the molecule is CCNc1nc(CC)nc(N(CC2CC2)CC2CC2)c1C. The number of nitrogens with one attached hydrogen (secondary N) is 1. The van der Waals surface area contributed by atoms with Gasteiger partial charge in [-0.05, 0) is 51.4 Å². The molecule has 1 heterocycles. The monoisotopic (exact) mass is 288 g/mol. The molecule has 4 heteroatoms. The molecular weight excluding hydrogens is 260 g/mol. The minimum absolute atomic E-state index is 0.894. The van der Waals surface area contributed by atoms with Crippen LogP contribution < -0.4 is 10.2 Å². The molecule has 0 saturated heterocycles. The first-order valence-electron chi connectivity index (χ1n) is 8.57. The number of nitrogens with zero attached hydrogens (tertiary/aromatic N) is 3. The zero-order valence-electron chi connectivity index (χ0n) is 13.7. The first kappa shape index (κ1) is 14.6. The van der Waals surface area contributed by atoms with Gasteiger partial charge < -0.3 is 10.2 Å². The Kier molecular flexibility index (Phi) is 4.32. The standard InChI is InChI=1S/C17H28N4/c1-4-15-19-16(18-5-2)12(3)17(20-15)21(10-13-6-7-13)11-14-8-9-14/h13-14H,4-11H2,1-3H3,(H,18,19,20). The highest BCUT2D eigenvalue weighted by Crippen LogP contribution is 2.36. The third-order valence-electron chi connectivity index (χ3n) is 4.48. The van der Waals surface area contributed by atoms with Crippen LogP contribution in [0, 0.1) is 18.8 Å². The molecule has 2 aliphatic carbocycles. The second-order valence-corrected chi connectivity index (χ2v) is 6.61. The van der Waals surface area contributed by atoms with Crippen LogP contribution in [0.3, 0.4) is 0 Å². The van der Waals surface area contributed by atoms with Crippen LogP contribution >= 0.6 is 0 Å². The van der Waals surface area contributed by atoms with Gasteiger partial charge in [-0.2, -0.15) is 0 Å². The highest BCUT2D eigenvalue weighted by atomic mass is 15.2. The van der Waals surface area contributed by atoms with E-state index in [4.69, 9.17) is 4.98 Å². The summed E-state index contributed by atoms with van der Waals surface area (Å²) < 4.78 is 0. The van der Waals surface area contributed by atoms with E-state index in [0.29, 0.717) is 0 Å². The number of hydrogen-bond donors (Lipinski definition) is 1. The number of hydrogen-bond acceptors (Lipinski definition) is 4. The van der Waals surface area contributed by atoms with Crippen molar-refractivity contribution < 1.29 is 0 Å². The highest BCUT2D eigenvalue weighted by molar-refractivity contribution is 5.59. The van der Waals surface area contributed by atoms with Gasteiger partial charge in [0.2, 0.25) is 0 Å². The zero-order valence-corrected chi connectivity index (χ0v) is 13.7. The Hall–Kier alpha value is -1.32. The van der Waals surface area contributed by atoms with Crippen LogP contribution in [0.1, 0.15) is 50.9 Å². The molecule has 2 saturated carbocycles. The van der Waals surface area contributed by atoms with E-state index >= 15 is 0 Å². The van der Waals surface area contributed by atoms with Crippen molar-refractivity contribution in [2.75, 3.05) is 29.9 Å². The van der Waals surface area contributed by atoms with Gasteiger partial charge in [-0.25, -0.2) is 9.97 Å². The second kappa shape index (κ2) is 6.20. The minimum atomic E-state index is 0.894. The summed E-state index contributed by atoms with van der Waals surface area (Å²) in [5.74, 6) is 4.95. The largest absolute Gasteiger partial charge is 0.370 e. The second-order valence-electron chi connectivity index (χ2n) is 6.61. The molecule has 1 aromatic heterocycles. The normalized spacial score (nSPS) is 17.9. The van der Waals surface area contributed by atoms with Crippen molar-refractivity contribution in [2.24, 2.45) is 11.8 Å². The first-order valence-corrected chi connectivity index (χ1v) is 8.57. The molecule has 0 radical (unpaired) electrons. The van der Waals surface area contributed by atoms with Crippen molar-refractivity contribution in [3.05, 3.63) is 11.4 Å². The summed E-state index contributed by atoms with van der Waals surface area (Å²) in [5.41, 5.74) is 1.22. The van der Waals surface area contributed by atoms with Crippen molar-refractivity contribution in [2.45, 2.75) is 52.9 Å². The Morgan fingerprint density at radius 1 is 1.05 bits per heavy atom. The van der Waals surface area contributed by atoms with Crippen LogP contribution in [0.15, 0.2) is 0 Å². The average Bonchev–Trinajstić information content (AvgIpc) is 3.36. The molecule has 4 nitrogen and oxygen atoms in total. The number of aryl methyl sites for hydroxylation is 1. The van der Waals surface area contributed by atoms with Crippen LogP contribution in [-0.2, 0) is 6.42 Å². The smallest absolute Gasteiger partial charge is 0.137 e. The van der Waals surface area contributed by atoms with Crippen LogP contribution in [-0.4, -0.2) is 29.6 Å². The molecule has 21 heavy (non-hydrogen) atoms. The maximum atomic E-state index is 4.87. The fraction of sp³-hybridized carbons (Fsp3) is 0.765. The minimum Gasteiger partial charge on any atom is -0.370 e. The number of anilines is 2. The Morgan fingerprint density at radius 3 is 2.14 bits per heavy atom. The van der Waals surface area contributed by atoms with Crippen LogP contribution in [0.2, 0.25) is 0 Å². The summed E-state index contributed by atoms with van der Waals surface area (Å²) in [6.07, 6.45) is 6.47. The molecule has 0 unspecified atom stereocenters. The molecule has 2 aliphatic rings. The highest BCUT2D eigenvalue weighted by Gasteiger charge is 2.31. The predicted molar refractivity (Wildman–Crippen MR) is 88.0 cm³/mol. The van der Waals surface area contributed by atoms with Gasteiger partial charge in [0.1, 0.15) is 17.5 Å². The van der Waals surface area contributed by atoms with Crippen molar-refractivity contribution in [1.29, 1.82) is 0 Å². The van der Waals surface area contributed by atoms with Gasteiger partial charge in [0.15, 0.2) is 0 Å². The molecule has 0 aliphatic heterocycles. The Labute approximate surface area is 128 Å². The molecular formula is C17H28N4.